The highest BCUT2D eigenvalue weighted by molar-refractivity contribution is 7.91. The third-order valence-corrected chi connectivity index (χ3v) is 6.53. The van der Waals surface area contributed by atoms with Crippen LogP contribution in [0, 0.1) is 5.92 Å². The molecule has 2 atom stereocenters. The average molecular weight is 378 g/mol. The summed E-state index contributed by atoms with van der Waals surface area (Å²) >= 11 is 0. The lowest BCUT2D eigenvalue weighted by Gasteiger charge is -2.08. The van der Waals surface area contributed by atoms with Crippen molar-refractivity contribution < 1.29 is 13.2 Å². The molecule has 4 rings (SSSR count). The molecule has 5 nitrogen and oxygen atoms in total. The van der Waals surface area contributed by atoms with E-state index in [1.54, 1.807) is 54.9 Å². The molecule has 0 bridgehead atoms. The number of nitrogens with zero attached hydrogens (tertiary/aromatic N) is 1. The number of hydrogen-bond donors (Lipinski definition) is 1. The van der Waals surface area contributed by atoms with Gasteiger partial charge >= 0.3 is 0 Å². The summed E-state index contributed by atoms with van der Waals surface area (Å²) < 4.78 is 25.2. The first-order chi connectivity index (χ1) is 13.1. The lowest BCUT2D eigenvalue weighted by molar-refractivity contribution is -0.117. The van der Waals surface area contributed by atoms with E-state index in [9.17, 15) is 13.2 Å². The molecule has 1 aliphatic rings. The summed E-state index contributed by atoms with van der Waals surface area (Å²) in [5.41, 5.74) is 1.71. The van der Waals surface area contributed by atoms with Gasteiger partial charge < -0.3 is 5.32 Å². The summed E-state index contributed by atoms with van der Waals surface area (Å²) in [6.07, 6.45) is 4.28. The SMILES string of the molecule is O=C(Nc1ccc(S(=O)(=O)c2ccccc2)cc1)[C@@H]1C[C@H]1c1ccncc1. The van der Waals surface area contributed by atoms with Gasteiger partial charge in [0.25, 0.3) is 0 Å². The molecule has 1 aliphatic carbocycles. The van der Waals surface area contributed by atoms with Crippen LogP contribution in [0.25, 0.3) is 0 Å². The fourth-order valence-corrected chi connectivity index (χ4v) is 4.43. The molecule has 1 saturated carbocycles. The van der Waals surface area contributed by atoms with Crippen molar-refractivity contribution in [3.05, 3.63) is 84.7 Å². The molecule has 27 heavy (non-hydrogen) atoms. The van der Waals surface area contributed by atoms with Gasteiger partial charge in [-0.3, -0.25) is 9.78 Å². The number of anilines is 1. The van der Waals surface area contributed by atoms with E-state index in [0.717, 1.165) is 12.0 Å². The molecule has 2 aromatic carbocycles. The second-order valence-electron chi connectivity index (χ2n) is 6.56. The van der Waals surface area contributed by atoms with Gasteiger partial charge in [-0.15, -0.1) is 0 Å². The molecule has 1 fully saturated rings. The zero-order chi connectivity index (χ0) is 18.9. The Labute approximate surface area is 158 Å². The van der Waals surface area contributed by atoms with Gasteiger partial charge in [0.1, 0.15) is 0 Å². The molecule has 1 N–H and O–H groups in total. The summed E-state index contributed by atoms with van der Waals surface area (Å²) in [7, 11) is -3.55. The number of carbonyl (C=O) groups excluding carboxylic acids is 1. The van der Waals surface area contributed by atoms with E-state index < -0.39 is 9.84 Å². The molecule has 0 aliphatic heterocycles. The molecule has 136 valence electrons. The number of sulfone groups is 1. The van der Waals surface area contributed by atoms with Gasteiger partial charge in [-0.1, -0.05) is 18.2 Å². The average Bonchev–Trinajstić information content (AvgIpc) is 3.51. The third-order valence-electron chi connectivity index (χ3n) is 4.75. The van der Waals surface area contributed by atoms with Crippen LogP contribution in [0.4, 0.5) is 5.69 Å². The maximum Gasteiger partial charge on any atom is 0.228 e. The van der Waals surface area contributed by atoms with Gasteiger partial charge in [-0.05, 0) is 66.4 Å². The number of rotatable bonds is 5. The molecule has 1 aromatic heterocycles. The molecule has 3 aromatic rings. The Balaban J connectivity index is 1.44. The highest BCUT2D eigenvalue weighted by Crippen LogP contribution is 2.47. The van der Waals surface area contributed by atoms with Gasteiger partial charge in [0, 0.05) is 24.0 Å². The van der Waals surface area contributed by atoms with Gasteiger partial charge in [-0.2, -0.15) is 0 Å². The molecular formula is C21H18N2O3S. The number of hydrogen-bond acceptors (Lipinski definition) is 4. The first-order valence-corrected chi connectivity index (χ1v) is 10.1. The van der Waals surface area contributed by atoms with Crippen LogP contribution in [-0.2, 0) is 14.6 Å². The smallest absolute Gasteiger partial charge is 0.228 e. The fourth-order valence-electron chi connectivity index (χ4n) is 3.15. The Morgan fingerprint density at radius 3 is 2.19 bits per heavy atom. The van der Waals surface area contributed by atoms with E-state index in [1.807, 2.05) is 12.1 Å². The molecule has 0 unspecified atom stereocenters. The zero-order valence-electron chi connectivity index (χ0n) is 14.4. The van der Waals surface area contributed by atoms with Crippen LogP contribution < -0.4 is 5.32 Å². The van der Waals surface area contributed by atoms with Crippen LogP contribution in [0.15, 0.2) is 88.9 Å². The number of pyridine rings is 1. The van der Waals surface area contributed by atoms with Crippen LogP contribution in [0.2, 0.25) is 0 Å². The van der Waals surface area contributed by atoms with E-state index in [2.05, 4.69) is 10.3 Å². The molecule has 1 heterocycles. The van der Waals surface area contributed by atoms with Crippen LogP contribution in [0.5, 0.6) is 0 Å². The summed E-state index contributed by atoms with van der Waals surface area (Å²) in [4.78, 5) is 16.9. The second kappa shape index (κ2) is 6.96. The van der Waals surface area contributed by atoms with Crippen molar-refractivity contribution in [1.82, 2.24) is 4.98 Å². The van der Waals surface area contributed by atoms with Gasteiger partial charge in [-0.25, -0.2) is 8.42 Å². The predicted molar refractivity (Wildman–Crippen MR) is 102 cm³/mol. The third kappa shape index (κ3) is 3.61. The van der Waals surface area contributed by atoms with Crippen molar-refractivity contribution in [3.8, 4) is 0 Å². The van der Waals surface area contributed by atoms with Crippen molar-refractivity contribution in [2.24, 2.45) is 5.92 Å². The van der Waals surface area contributed by atoms with Gasteiger partial charge in [0.05, 0.1) is 9.79 Å². The molecule has 6 heteroatoms. The molecule has 1 amide bonds. The Morgan fingerprint density at radius 2 is 1.52 bits per heavy atom. The quantitative estimate of drug-likeness (QED) is 0.735. The number of benzene rings is 2. The summed E-state index contributed by atoms with van der Waals surface area (Å²) in [5.74, 6) is 0.126. The van der Waals surface area contributed by atoms with Crippen LogP contribution in [-0.4, -0.2) is 19.3 Å². The van der Waals surface area contributed by atoms with Crippen LogP contribution in [0.3, 0.4) is 0 Å². The molecule has 0 saturated heterocycles. The summed E-state index contributed by atoms with van der Waals surface area (Å²) in [6, 6.07) is 18.4. The molecular weight excluding hydrogens is 360 g/mol. The normalized spacial score (nSPS) is 18.7. The van der Waals surface area contributed by atoms with Crippen LogP contribution >= 0.6 is 0 Å². The topological polar surface area (TPSA) is 76.1 Å². The predicted octanol–water partition coefficient (Wildman–Crippen LogP) is 3.66. The molecule has 0 spiro atoms. The Morgan fingerprint density at radius 1 is 0.889 bits per heavy atom. The van der Waals surface area contributed by atoms with Crippen molar-refractivity contribution in [3.63, 3.8) is 0 Å². The standard InChI is InChI=1S/C21H18N2O3S/c24-21(20-14-19(20)15-10-12-22-13-11-15)23-16-6-8-18(9-7-16)27(25,26)17-4-2-1-3-5-17/h1-13,19-20H,14H2,(H,23,24)/t19-,20+/m0/s1. The minimum Gasteiger partial charge on any atom is -0.326 e. The largest absolute Gasteiger partial charge is 0.326 e. The zero-order valence-corrected chi connectivity index (χ0v) is 15.3. The Hall–Kier alpha value is -2.99. The lowest BCUT2D eigenvalue weighted by Crippen LogP contribution is -2.14. The Kier molecular flexibility index (Phi) is 4.49. The Bertz CT molecular complexity index is 1050. The lowest BCUT2D eigenvalue weighted by atomic mass is 10.1. The van der Waals surface area contributed by atoms with Crippen molar-refractivity contribution in [2.75, 3.05) is 5.32 Å². The molecule has 0 radical (unpaired) electrons. The minimum atomic E-state index is -3.55. The first-order valence-electron chi connectivity index (χ1n) is 8.67. The fraction of sp³-hybridized carbons (Fsp3) is 0.143. The maximum atomic E-state index is 12.6. The van der Waals surface area contributed by atoms with E-state index in [-0.39, 0.29) is 27.5 Å². The first kappa shape index (κ1) is 17.4. The van der Waals surface area contributed by atoms with Gasteiger partial charge in [0.2, 0.25) is 15.7 Å². The minimum absolute atomic E-state index is 0.0459. The summed E-state index contributed by atoms with van der Waals surface area (Å²) in [6.45, 7) is 0. The van der Waals surface area contributed by atoms with E-state index in [1.165, 1.54) is 12.1 Å². The number of aromatic nitrogens is 1. The maximum absolute atomic E-state index is 12.6. The van der Waals surface area contributed by atoms with E-state index >= 15 is 0 Å². The highest BCUT2D eigenvalue weighted by Gasteiger charge is 2.43. The highest BCUT2D eigenvalue weighted by atomic mass is 32.2. The van der Waals surface area contributed by atoms with E-state index in [4.69, 9.17) is 0 Å². The second-order valence-corrected chi connectivity index (χ2v) is 8.51. The van der Waals surface area contributed by atoms with Crippen molar-refractivity contribution in [1.29, 1.82) is 0 Å². The number of nitrogens with one attached hydrogen (secondary N) is 1. The number of carbonyl (C=O) groups is 1. The van der Waals surface area contributed by atoms with Gasteiger partial charge in [0.15, 0.2) is 0 Å². The van der Waals surface area contributed by atoms with Crippen LogP contribution in [0.1, 0.15) is 17.9 Å². The van der Waals surface area contributed by atoms with Crippen molar-refractivity contribution >= 4 is 21.4 Å². The monoisotopic (exact) mass is 378 g/mol. The number of amides is 1. The summed E-state index contributed by atoms with van der Waals surface area (Å²) in [5, 5.41) is 2.87. The van der Waals surface area contributed by atoms with Crippen molar-refractivity contribution in [2.45, 2.75) is 22.1 Å². The van der Waals surface area contributed by atoms with E-state index in [0.29, 0.717) is 5.69 Å².